The molecule has 1 unspecified atom stereocenters. The quantitative estimate of drug-likeness (QED) is 0.0262. The highest BCUT2D eigenvalue weighted by atomic mass is 16.6. The van der Waals surface area contributed by atoms with Crippen molar-refractivity contribution in [3.8, 4) is 0 Å². The number of hydrogen-bond donors (Lipinski definition) is 0. The largest absolute Gasteiger partial charge is 0.462 e. The van der Waals surface area contributed by atoms with Crippen LogP contribution in [0.25, 0.3) is 0 Å². The molecule has 380 valence electrons. The van der Waals surface area contributed by atoms with Crippen LogP contribution in [-0.2, 0) is 28.6 Å². The molecule has 0 heterocycles. The van der Waals surface area contributed by atoms with Crippen LogP contribution in [0.3, 0.4) is 0 Å². The van der Waals surface area contributed by atoms with Gasteiger partial charge in [-0.05, 0) is 51.4 Å². The summed E-state index contributed by atoms with van der Waals surface area (Å²) >= 11 is 0. The van der Waals surface area contributed by atoms with E-state index in [4.69, 9.17) is 14.2 Å². The lowest BCUT2D eigenvalue weighted by Gasteiger charge is -2.18. The first kappa shape index (κ1) is 62.6. The maximum absolute atomic E-state index is 12.8. The zero-order valence-corrected chi connectivity index (χ0v) is 43.5. The second kappa shape index (κ2) is 54.2. The molecule has 1 atom stereocenters. The van der Waals surface area contributed by atoms with Gasteiger partial charge in [0, 0.05) is 19.3 Å². The summed E-state index contributed by atoms with van der Waals surface area (Å²) in [6, 6.07) is 0. The van der Waals surface area contributed by atoms with Gasteiger partial charge in [0.1, 0.15) is 13.2 Å². The summed E-state index contributed by atoms with van der Waals surface area (Å²) in [5.41, 5.74) is 0. The van der Waals surface area contributed by atoms with E-state index in [1.54, 1.807) is 0 Å². The van der Waals surface area contributed by atoms with Crippen molar-refractivity contribution in [1.29, 1.82) is 0 Å². The molecule has 0 amide bonds. The minimum absolute atomic E-state index is 0.0793. The Balaban J connectivity index is 4.31. The van der Waals surface area contributed by atoms with Gasteiger partial charge in [0.25, 0.3) is 0 Å². The van der Waals surface area contributed by atoms with E-state index in [2.05, 4.69) is 57.2 Å². The fourth-order valence-electron chi connectivity index (χ4n) is 8.40. The number of carbonyl (C=O) groups is 3. The molecular weight excluding hydrogens is 805 g/mol. The molecule has 0 rings (SSSR count). The first-order chi connectivity index (χ1) is 32.0. The SMILES string of the molecule is CC/C=C\C/C=C\C/C=C\CCCCC(=O)OCC(COC(=O)CCCCCCCCCCCCCCCCCCCCC)OC(=O)CCCCCCCCCCCCCCCCCC. The molecule has 0 saturated heterocycles. The molecule has 0 N–H and O–H groups in total. The highest BCUT2D eigenvalue weighted by molar-refractivity contribution is 5.71. The lowest BCUT2D eigenvalue weighted by atomic mass is 10.0. The Morgan fingerprint density at radius 1 is 0.323 bits per heavy atom. The van der Waals surface area contributed by atoms with Gasteiger partial charge in [0.2, 0.25) is 0 Å². The van der Waals surface area contributed by atoms with E-state index < -0.39 is 6.10 Å². The minimum atomic E-state index is -0.782. The maximum atomic E-state index is 12.8. The van der Waals surface area contributed by atoms with Crippen molar-refractivity contribution < 1.29 is 28.6 Å². The molecule has 0 aromatic heterocycles. The van der Waals surface area contributed by atoms with Crippen LogP contribution < -0.4 is 0 Å². The van der Waals surface area contributed by atoms with Crippen LogP contribution in [-0.4, -0.2) is 37.2 Å². The Hall–Kier alpha value is -2.37. The topological polar surface area (TPSA) is 78.9 Å². The zero-order chi connectivity index (χ0) is 47.2. The minimum Gasteiger partial charge on any atom is -0.462 e. The van der Waals surface area contributed by atoms with Gasteiger partial charge in [-0.25, -0.2) is 0 Å². The fourth-order valence-corrected chi connectivity index (χ4v) is 8.40. The Morgan fingerprint density at radius 3 is 0.938 bits per heavy atom. The smallest absolute Gasteiger partial charge is 0.306 e. The highest BCUT2D eigenvalue weighted by Gasteiger charge is 2.19. The Labute approximate surface area is 404 Å². The van der Waals surface area contributed by atoms with Crippen molar-refractivity contribution in [2.24, 2.45) is 0 Å². The van der Waals surface area contributed by atoms with Crippen molar-refractivity contribution in [3.63, 3.8) is 0 Å². The number of esters is 3. The normalized spacial score (nSPS) is 12.2. The van der Waals surface area contributed by atoms with E-state index in [1.807, 2.05) is 0 Å². The summed E-state index contributed by atoms with van der Waals surface area (Å²) in [5.74, 6) is -0.902. The van der Waals surface area contributed by atoms with E-state index in [1.165, 1.54) is 186 Å². The number of carbonyl (C=O) groups excluding carboxylic acids is 3. The van der Waals surface area contributed by atoms with Crippen molar-refractivity contribution in [2.45, 2.75) is 309 Å². The predicted molar refractivity (Wildman–Crippen MR) is 279 cm³/mol. The molecule has 0 aliphatic rings. The molecule has 0 fully saturated rings. The predicted octanol–water partition coefficient (Wildman–Crippen LogP) is 18.9. The van der Waals surface area contributed by atoms with Gasteiger partial charge in [-0.3, -0.25) is 14.4 Å². The molecule has 0 aliphatic heterocycles. The summed E-state index contributed by atoms with van der Waals surface area (Å²) in [7, 11) is 0. The molecular formula is C59H108O6. The van der Waals surface area contributed by atoms with E-state index >= 15 is 0 Å². The molecule has 6 heteroatoms. The molecule has 0 saturated carbocycles. The van der Waals surface area contributed by atoms with Gasteiger partial charge in [-0.15, -0.1) is 0 Å². The molecule has 0 radical (unpaired) electrons. The van der Waals surface area contributed by atoms with E-state index in [0.29, 0.717) is 19.3 Å². The number of rotatable bonds is 52. The Bertz CT molecular complexity index is 1090. The standard InChI is InChI=1S/C59H108O6/c1-4-7-10-13-16-19-22-25-27-29-30-31-33-34-37-40-43-46-49-52-58(61)64-55-56(54-63-57(60)51-48-45-42-39-36-24-21-18-15-12-9-6-3)65-59(62)53-50-47-44-41-38-35-32-28-26-23-20-17-14-11-8-5-2/h9,12,18,21,36,39,56H,4-8,10-11,13-17,19-20,22-35,37-38,40-55H2,1-3H3/b12-9-,21-18-,39-36-. The third-order valence-electron chi connectivity index (χ3n) is 12.7. The van der Waals surface area contributed by atoms with Crippen LogP contribution in [0.5, 0.6) is 0 Å². The second-order valence-electron chi connectivity index (χ2n) is 19.2. The molecule has 0 aromatic carbocycles. The lowest BCUT2D eigenvalue weighted by Crippen LogP contribution is -2.30. The molecule has 0 aliphatic carbocycles. The first-order valence-electron chi connectivity index (χ1n) is 28.5. The number of unbranched alkanes of at least 4 members (excludes halogenated alkanes) is 35. The van der Waals surface area contributed by atoms with Crippen LogP contribution in [0.15, 0.2) is 36.5 Å². The average molecular weight is 914 g/mol. The van der Waals surface area contributed by atoms with Crippen LogP contribution in [0.2, 0.25) is 0 Å². The average Bonchev–Trinajstić information content (AvgIpc) is 3.30. The molecule has 0 bridgehead atoms. The van der Waals surface area contributed by atoms with Gasteiger partial charge < -0.3 is 14.2 Å². The Morgan fingerprint density at radius 2 is 0.600 bits per heavy atom. The third kappa shape index (κ3) is 52.5. The summed E-state index contributed by atoms with van der Waals surface area (Å²) < 4.78 is 16.8. The van der Waals surface area contributed by atoms with Crippen LogP contribution in [0, 0.1) is 0 Å². The van der Waals surface area contributed by atoms with Crippen molar-refractivity contribution in [2.75, 3.05) is 13.2 Å². The summed E-state index contributed by atoms with van der Waals surface area (Å²) in [6.07, 6.45) is 64.3. The van der Waals surface area contributed by atoms with E-state index in [-0.39, 0.29) is 31.1 Å². The fraction of sp³-hybridized carbons (Fsp3) is 0.847. The van der Waals surface area contributed by atoms with Crippen LogP contribution >= 0.6 is 0 Å². The number of ether oxygens (including phenoxy) is 3. The highest BCUT2D eigenvalue weighted by Crippen LogP contribution is 2.17. The maximum Gasteiger partial charge on any atom is 0.306 e. The number of hydrogen-bond acceptors (Lipinski definition) is 6. The zero-order valence-electron chi connectivity index (χ0n) is 43.5. The van der Waals surface area contributed by atoms with Gasteiger partial charge in [0.05, 0.1) is 0 Å². The molecule has 0 spiro atoms. The van der Waals surface area contributed by atoms with Gasteiger partial charge in [-0.2, -0.15) is 0 Å². The van der Waals surface area contributed by atoms with Gasteiger partial charge in [0.15, 0.2) is 6.10 Å². The van der Waals surface area contributed by atoms with E-state index in [9.17, 15) is 14.4 Å². The van der Waals surface area contributed by atoms with Crippen molar-refractivity contribution >= 4 is 17.9 Å². The molecule has 0 aromatic rings. The van der Waals surface area contributed by atoms with Crippen LogP contribution in [0.4, 0.5) is 0 Å². The van der Waals surface area contributed by atoms with Gasteiger partial charge >= 0.3 is 17.9 Å². The molecule has 65 heavy (non-hydrogen) atoms. The van der Waals surface area contributed by atoms with Crippen molar-refractivity contribution in [1.82, 2.24) is 0 Å². The Kier molecular flexibility index (Phi) is 52.3. The van der Waals surface area contributed by atoms with Gasteiger partial charge in [-0.1, -0.05) is 269 Å². The van der Waals surface area contributed by atoms with E-state index in [0.717, 1.165) is 77.0 Å². The first-order valence-corrected chi connectivity index (χ1v) is 28.5. The monoisotopic (exact) mass is 913 g/mol. The van der Waals surface area contributed by atoms with Crippen LogP contribution in [0.1, 0.15) is 303 Å². The summed E-state index contributed by atoms with van der Waals surface area (Å²) in [4.78, 5) is 38.1. The lowest BCUT2D eigenvalue weighted by molar-refractivity contribution is -0.167. The van der Waals surface area contributed by atoms with Crippen molar-refractivity contribution in [3.05, 3.63) is 36.5 Å². The third-order valence-corrected chi connectivity index (χ3v) is 12.7. The number of allylic oxidation sites excluding steroid dienone is 6. The summed E-state index contributed by atoms with van der Waals surface area (Å²) in [6.45, 7) is 6.54. The summed E-state index contributed by atoms with van der Waals surface area (Å²) in [5, 5.41) is 0. The second-order valence-corrected chi connectivity index (χ2v) is 19.2. The molecule has 6 nitrogen and oxygen atoms in total.